The van der Waals surface area contributed by atoms with Crippen LogP contribution in [0, 0.1) is 6.92 Å². The zero-order chi connectivity index (χ0) is 17.7. The Morgan fingerprint density at radius 1 is 1.31 bits per heavy atom. The molecule has 134 valence electrons. The Hall–Kier alpha value is -2.60. The lowest BCUT2D eigenvalue weighted by Crippen LogP contribution is -2.54. The fraction of sp³-hybridized carbons (Fsp3) is 0.400. The summed E-state index contributed by atoms with van der Waals surface area (Å²) in [5, 5.41) is 3.42. The fourth-order valence-electron chi connectivity index (χ4n) is 4.48. The molecule has 3 saturated heterocycles. The van der Waals surface area contributed by atoms with Crippen LogP contribution in [-0.2, 0) is 16.1 Å². The van der Waals surface area contributed by atoms with Crippen LogP contribution in [0.15, 0.2) is 30.5 Å². The number of nitrogens with one attached hydrogen (secondary N) is 1. The van der Waals surface area contributed by atoms with Gasteiger partial charge in [-0.2, -0.15) is 0 Å². The van der Waals surface area contributed by atoms with Gasteiger partial charge in [-0.25, -0.2) is 4.98 Å². The maximum absolute atomic E-state index is 11.9. The lowest BCUT2D eigenvalue weighted by Gasteiger charge is -2.47. The highest BCUT2D eigenvalue weighted by Crippen LogP contribution is 2.42. The maximum atomic E-state index is 11.9. The average Bonchev–Trinajstić information content (AvgIpc) is 2.85. The molecule has 6 rings (SSSR count). The van der Waals surface area contributed by atoms with E-state index in [1.165, 1.54) is 12.1 Å². The summed E-state index contributed by atoms with van der Waals surface area (Å²) >= 11 is 0. The van der Waals surface area contributed by atoms with E-state index >= 15 is 0 Å². The molecule has 2 bridgehead atoms. The maximum Gasteiger partial charge on any atom is 0.214 e. The average molecular weight is 350 g/mol. The Morgan fingerprint density at radius 3 is 2.96 bits per heavy atom. The molecule has 6 nitrogen and oxygen atoms in total. The van der Waals surface area contributed by atoms with Gasteiger partial charge in [-0.05, 0) is 43.5 Å². The number of pyridine rings is 1. The number of hydrogen-bond acceptors (Lipinski definition) is 5. The van der Waals surface area contributed by atoms with Crippen LogP contribution in [0.2, 0.25) is 0 Å². The van der Waals surface area contributed by atoms with E-state index in [2.05, 4.69) is 34.3 Å². The predicted molar refractivity (Wildman–Crippen MR) is 101 cm³/mol. The second kappa shape index (κ2) is 5.99. The molecule has 5 heterocycles. The highest BCUT2D eigenvalue weighted by molar-refractivity contribution is 5.92. The second-order valence-corrected chi connectivity index (χ2v) is 7.31. The summed E-state index contributed by atoms with van der Waals surface area (Å²) in [6.45, 7) is 4.36. The molecule has 0 radical (unpaired) electrons. The molecule has 1 aromatic carbocycles. The number of amides is 1. The largest absolute Gasteiger partial charge is 0.374 e. The first kappa shape index (κ1) is 15.6. The van der Waals surface area contributed by atoms with Gasteiger partial charge in [-0.1, -0.05) is 6.07 Å². The minimum absolute atomic E-state index is 0.326. The van der Waals surface area contributed by atoms with Crippen LogP contribution in [0.4, 0.5) is 22.9 Å². The zero-order valence-corrected chi connectivity index (χ0v) is 14.8. The van der Waals surface area contributed by atoms with Crippen LogP contribution < -0.4 is 15.1 Å². The third-order valence-electron chi connectivity index (χ3n) is 5.80. The summed E-state index contributed by atoms with van der Waals surface area (Å²) < 4.78 is 5.86. The SMILES string of the molecule is Cc1c(N2C[C@H]3CC[C@H]2CO3)ccc2c1N(C=O)Cc1cccnc1N2. The molecule has 2 aromatic rings. The third-order valence-corrected chi connectivity index (χ3v) is 5.80. The number of anilines is 4. The molecule has 0 unspecified atom stereocenters. The summed E-state index contributed by atoms with van der Waals surface area (Å²) in [5.41, 5.74) is 5.21. The molecule has 2 atom stereocenters. The molecule has 4 aliphatic heterocycles. The Labute approximate surface area is 152 Å². The first-order valence-corrected chi connectivity index (χ1v) is 9.19. The first-order valence-electron chi connectivity index (χ1n) is 9.19. The van der Waals surface area contributed by atoms with Crippen LogP contribution in [0.5, 0.6) is 0 Å². The van der Waals surface area contributed by atoms with Gasteiger partial charge < -0.3 is 19.9 Å². The van der Waals surface area contributed by atoms with E-state index in [9.17, 15) is 4.79 Å². The highest BCUT2D eigenvalue weighted by atomic mass is 16.5. The smallest absolute Gasteiger partial charge is 0.214 e. The molecule has 0 saturated carbocycles. The number of nitrogens with zero attached hydrogens (tertiary/aromatic N) is 3. The van der Waals surface area contributed by atoms with Crippen molar-refractivity contribution in [3.05, 3.63) is 41.6 Å². The van der Waals surface area contributed by atoms with Crippen LogP contribution in [0.25, 0.3) is 0 Å². The Bertz CT molecular complexity index is 861. The van der Waals surface area contributed by atoms with Crippen molar-refractivity contribution in [2.24, 2.45) is 0 Å². The van der Waals surface area contributed by atoms with E-state index in [1.807, 2.05) is 12.1 Å². The number of rotatable bonds is 2. The van der Waals surface area contributed by atoms with Gasteiger partial charge in [0.2, 0.25) is 6.41 Å². The summed E-state index contributed by atoms with van der Waals surface area (Å²) in [5.74, 6) is 0.815. The van der Waals surface area contributed by atoms with Gasteiger partial charge in [0.15, 0.2) is 0 Å². The number of carbonyl (C=O) groups is 1. The number of fused-ring (bicyclic) bond motifs is 5. The first-order chi connectivity index (χ1) is 12.7. The van der Waals surface area contributed by atoms with Crippen LogP contribution in [0.1, 0.15) is 24.0 Å². The van der Waals surface area contributed by atoms with Crippen molar-refractivity contribution in [3.63, 3.8) is 0 Å². The summed E-state index contributed by atoms with van der Waals surface area (Å²) in [6, 6.07) is 8.58. The van der Waals surface area contributed by atoms with Crippen LogP contribution in [0.3, 0.4) is 0 Å². The third kappa shape index (κ3) is 2.36. The predicted octanol–water partition coefficient (Wildman–Crippen LogP) is 2.98. The van der Waals surface area contributed by atoms with Crippen molar-refractivity contribution in [2.45, 2.75) is 38.5 Å². The minimum atomic E-state index is 0.326. The van der Waals surface area contributed by atoms with Gasteiger partial charge in [-0.15, -0.1) is 0 Å². The number of hydrogen-bond donors (Lipinski definition) is 1. The molecular weight excluding hydrogens is 328 g/mol. The van der Waals surface area contributed by atoms with E-state index in [0.717, 1.165) is 54.3 Å². The Morgan fingerprint density at radius 2 is 2.23 bits per heavy atom. The normalized spacial score (nSPS) is 23.7. The van der Waals surface area contributed by atoms with Crippen molar-refractivity contribution >= 4 is 29.3 Å². The zero-order valence-electron chi connectivity index (χ0n) is 14.8. The molecule has 1 amide bonds. The monoisotopic (exact) mass is 350 g/mol. The summed E-state index contributed by atoms with van der Waals surface area (Å²) in [6.07, 6.45) is 5.34. The van der Waals surface area contributed by atoms with E-state index in [1.54, 1.807) is 11.1 Å². The molecule has 4 aliphatic rings. The molecular formula is C20H22N4O2. The van der Waals surface area contributed by atoms with Gasteiger partial charge in [0.1, 0.15) is 5.82 Å². The van der Waals surface area contributed by atoms with Gasteiger partial charge >= 0.3 is 0 Å². The van der Waals surface area contributed by atoms with E-state index < -0.39 is 0 Å². The fourth-order valence-corrected chi connectivity index (χ4v) is 4.48. The van der Waals surface area contributed by atoms with Crippen LogP contribution in [-0.4, -0.2) is 36.7 Å². The molecule has 1 aromatic heterocycles. The number of piperidine rings is 1. The number of ether oxygens (including phenoxy) is 1. The van der Waals surface area contributed by atoms with Crippen molar-refractivity contribution < 1.29 is 9.53 Å². The van der Waals surface area contributed by atoms with E-state index in [-0.39, 0.29) is 0 Å². The Balaban J connectivity index is 1.59. The van der Waals surface area contributed by atoms with Crippen molar-refractivity contribution in [1.82, 2.24) is 4.98 Å². The molecule has 26 heavy (non-hydrogen) atoms. The molecule has 3 fully saturated rings. The molecule has 1 N–H and O–H groups in total. The van der Waals surface area contributed by atoms with Crippen molar-refractivity contribution in [1.29, 1.82) is 0 Å². The van der Waals surface area contributed by atoms with Gasteiger partial charge in [0, 0.05) is 24.0 Å². The van der Waals surface area contributed by atoms with Crippen molar-refractivity contribution in [2.75, 3.05) is 28.3 Å². The lowest BCUT2D eigenvalue weighted by atomic mass is 9.95. The van der Waals surface area contributed by atoms with Crippen LogP contribution >= 0.6 is 0 Å². The summed E-state index contributed by atoms with van der Waals surface area (Å²) in [4.78, 5) is 20.6. The Kier molecular flexibility index (Phi) is 3.60. The second-order valence-electron chi connectivity index (χ2n) is 7.31. The highest BCUT2D eigenvalue weighted by Gasteiger charge is 2.36. The molecule has 6 heteroatoms. The number of morpholine rings is 1. The molecule has 0 aliphatic carbocycles. The minimum Gasteiger partial charge on any atom is -0.374 e. The standard InChI is InChI=1S/C20H22N4O2/c1-13-18(24-10-16-5-4-15(24)11-26-16)7-6-17-19(13)23(12-25)9-14-3-2-8-21-20(14)22-17/h2-3,6-8,12,15-16H,4-5,9-11H2,1H3,(H,21,22)/t15-,16+/m0/s1. The lowest BCUT2D eigenvalue weighted by molar-refractivity contribution is -0.107. The van der Waals surface area contributed by atoms with Gasteiger partial charge in [-0.3, -0.25) is 4.79 Å². The number of benzene rings is 1. The van der Waals surface area contributed by atoms with Gasteiger partial charge in [0.25, 0.3) is 0 Å². The quantitative estimate of drug-likeness (QED) is 0.844. The van der Waals surface area contributed by atoms with Gasteiger partial charge in [0.05, 0.1) is 36.7 Å². The van der Waals surface area contributed by atoms with Crippen molar-refractivity contribution in [3.8, 4) is 0 Å². The number of carbonyl (C=O) groups excluding carboxylic acids is 1. The van der Waals surface area contributed by atoms with E-state index in [4.69, 9.17) is 4.74 Å². The summed E-state index contributed by atoms with van der Waals surface area (Å²) in [7, 11) is 0. The topological polar surface area (TPSA) is 57.7 Å². The number of aromatic nitrogens is 1. The molecule has 0 spiro atoms. The van der Waals surface area contributed by atoms with E-state index in [0.29, 0.717) is 18.7 Å².